The van der Waals surface area contributed by atoms with Crippen LogP contribution in [0, 0.1) is 23.2 Å². The molecule has 0 spiro atoms. The molecule has 1 aliphatic heterocycles. The maximum atomic E-state index is 9.79. The van der Waals surface area contributed by atoms with Crippen molar-refractivity contribution in [3.8, 4) is 40.9 Å². The van der Waals surface area contributed by atoms with Crippen LogP contribution in [0.25, 0.3) is 10.9 Å². The molecule has 0 fully saturated rings. The maximum absolute atomic E-state index is 9.79. The van der Waals surface area contributed by atoms with Crippen LogP contribution in [0.15, 0.2) is 30.5 Å². The number of hydrogen-bond donors (Lipinski definition) is 1. The normalized spacial score (nSPS) is 11.5. The predicted octanol–water partition coefficient (Wildman–Crippen LogP) is 4.22. The van der Waals surface area contributed by atoms with Gasteiger partial charge in [-0.2, -0.15) is 5.26 Å². The van der Waals surface area contributed by atoms with Gasteiger partial charge in [-0.25, -0.2) is 0 Å². The summed E-state index contributed by atoms with van der Waals surface area (Å²) in [6.07, 6.45) is 1.51. The summed E-state index contributed by atoms with van der Waals surface area (Å²) in [7, 11) is 3.13. The molecule has 4 rings (SSSR count). The molecule has 1 N–H and O–H groups in total. The molecule has 0 aliphatic carbocycles. The molecular weight excluding hydrogens is 486 g/mol. The second-order valence-electron chi connectivity index (χ2n) is 7.41. The van der Waals surface area contributed by atoms with Crippen LogP contribution in [-0.2, 0) is 9.47 Å². The van der Waals surface area contributed by atoms with E-state index in [-0.39, 0.29) is 6.79 Å². The van der Waals surface area contributed by atoms with E-state index < -0.39 is 0 Å². The Morgan fingerprint density at radius 2 is 1.94 bits per heavy atom. The van der Waals surface area contributed by atoms with Crippen LogP contribution in [0.2, 0.25) is 0 Å². The van der Waals surface area contributed by atoms with Crippen molar-refractivity contribution in [1.82, 2.24) is 4.98 Å². The van der Waals surface area contributed by atoms with Gasteiger partial charge in [-0.15, -0.1) is 11.6 Å². The Hall–Kier alpha value is -3.89. The van der Waals surface area contributed by atoms with Crippen molar-refractivity contribution in [3.05, 3.63) is 41.6 Å². The number of nitrogens with zero attached hydrogens (tertiary/aromatic N) is 2. The second-order valence-corrected chi connectivity index (χ2v) is 7.79. The van der Waals surface area contributed by atoms with E-state index in [1.54, 1.807) is 26.4 Å². The predicted molar refractivity (Wildman–Crippen MR) is 135 cm³/mol. The first-order valence-electron chi connectivity index (χ1n) is 11.0. The van der Waals surface area contributed by atoms with Gasteiger partial charge in [0.15, 0.2) is 23.0 Å². The lowest BCUT2D eigenvalue weighted by atomic mass is 10.1. The SMILES string of the molecule is COCC#Cc1ccc(Nc2c(C#N)cnc3cc(OCCOCCCl)c(OC)cc23)c2c1OCO2. The van der Waals surface area contributed by atoms with Gasteiger partial charge in [0.1, 0.15) is 19.3 Å². The Balaban J connectivity index is 1.69. The first-order chi connectivity index (χ1) is 17.7. The fraction of sp³-hybridized carbons (Fsp3) is 0.308. The molecule has 10 heteroatoms. The Bertz CT molecular complexity index is 1350. The lowest BCUT2D eigenvalue weighted by molar-refractivity contribution is 0.110. The summed E-state index contributed by atoms with van der Waals surface area (Å²) in [5.41, 5.74) is 2.83. The molecule has 0 radical (unpaired) electrons. The Morgan fingerprint density at radius 3 is 2.72 bits per heavy atom. The van der Waals surface area contributed by atoms with E-state index in [4.69, 9.17) is 40.0 Å². The van der Waals surface area contributed by atoms with Crippen molar-refractivity contribution in [2.24, 2.45) is 0 Å². The van der Waals surface area contributed by atoms with E-state index in [1.165, 1.54) is 6.20 Å². The van der Waals surface area contributed by atoms with Crippen LogP contribution in [0.1, 0.15) is 11.1 Å². The minimum absolute atomic E-state index is 0.0678. The number of pyridine rings is 1. The van der Waals surface area contributed by atoms with E-state index in [0.717, 1.165) is 0 Å². The standard InChI is InChI=1S/C26H24ClN3O6/c1-31-8-3-4-17-5-6-20(26-25(17)35-16-36-26)30-24-18(14-28)15-29-21-13-23(22(32-2)12-19(21)24)34-11-10-33-9-7-27/h5-6,12-13,15H,7-11,16H2,1-2H3,(H,29,30). The number of rotatable bonds is 10. The highest BCUT2D eigenvalue weighted by Crippen LogP contribution is 2.44. The molecule has 36 heavy (non-hydrogen) atoms. The monoisotopic (exact) mass is 509 g/mol. The summed E-state index contributed by atoms with van der Waals surface area (Å²) in [4.78, 5) is 4.44. The number of halogens is 1. The number of nitrogens with one attached hydrogen (secondary N) is 1. The van der Waals surface area contributed by atoms with Crippen LogP contribution < -0.4 is 24.3 Å². The maximum Gasteiger partial charge on any atom is 0.231 e. The molecule has 1 aromatic heterocycles. The number of benzene rings is 2. The van der Waals surface area contributed by atoms with Gasteiger partial charge < -0.3 is 33.7 Å². The molecule has 0 saturated heterocycles. The van der Waals surface area contributed by atoms with Crippen LogP contribution in [0.4, 0.5) is 11.4 Å². The zero-order valence-electron chi connectivity index (χ0n) is 19.9. The number of fused-ring (bicyclic) bond motifs is 2. The molecule has 0 amide bonds. The summed E-state index contributed by atoms with van der Waals surface area (Å²) in [6.45, 7) is 1.53. The van der Waals surface area contributed by atoms with Gasteiger partial charge >= 0.3 is 0 Å². The minimum Gasteiger partial charge on any atom is -0.493 e. The van der Waals surface area contributed by atoms with Crippen molar-refractivity contribution in [1.29, 1.82) is 5.26 Å². The van der Waals surface area contributed by atoms with Crippen molar-refractivity contribution in [3.63, 3.8) is 0 Å². The Kier molecular flexibility index (Phi) is 8.53. The van der Waals surface area contributed by atoms with Crippen LogP contribution in [0.3, 0.4) is 0 Å². The number of ether oxygens (including phenoxy) is 6. The van der Waals surface area contributed by atoms with Crippen LogP contribution in [-0.4, -0.2) is 58.3 Å². The highest BCUT2D eigenvalue weighted by atomic mass is 35.5. The van der Waals surface area contributed by atoms with Gasteiger partial charge in [0, 0.05) is 30.6 Å². The van der Waals surface area contributed by atoms with Gasteiger partial charge in [-0.1, -0.05) is 11.8 Å². The van der Waals surface area contributed by atoms with Crippen LogP contribution >= 0.6 is 11.6 Å². The number of methoxy groups -OCH3 is 2. The molecule has 2 aromatic carbocycles. The van der Waals surface area contributed by atoms with Gasteiger partial charge in [-0.3, -0.25) is 4.98 Å². The van der Waals surface area contributed by atoms with E-state index >= 15 is 0 Å². The Morgan fingerprint density at radius 1 is 1.08 bits per heavy atom. The van der Waals surface area contributed by atoms with Gasteiger partial charge in [-0.05, 0) is 18.2 Å². The topological polar surface area (TPSA) is 104 Å². The molecular formula is C26H24ClN3O6. The van der Waals surface area contributed by atoms with E-state index in [0.29, 0.717) is 88.7 Å². The number of aromatic nitrogens is 1. The average molecular weight is 510 g/mol. The fourth-order valence-electron chi connectivity index (χ4n) is 3.59. The molecule has 3 aromatic rings. The zero-order valence-corrected chi connectivity index (χ0v) is 20.6. The molecule has 186 valence electrons. The number of nitriles is 1. The largest absolute Gasteiger partial charge is 0.493 e. The van der Waals surface area contributed by atoms with E-state index in [2.05, 4.69) is 28.2 Å². The summed E-state index contributed by atoms with van der Waals surface area (Å²) >= 11 is 5.62. The Labute approximate surface area is 213 Å². The third-order valence-corrected chi connectivity index (χ3v) is 5.35. The summed E-state index contributed by atoms with van der Waals surface area (Å²) in [6, 6.07) is 9.39. The van der Waals surface area contributed by atoms with Crippen molar-refractivity contribution >= 4 is 33.9 Å². The zero-order chi connectivity index (χ0) is 25.3. The van der Waals surface area contributed by atoms with E-state index in [9.17, 15) is 5.26 Å². The molecule has 2 heterocycles. The number of anilines is 2. The number of hydrogen-bond acceptors (Lipinski definition) is 9. The van der Waals surface area contributed by atoms with E-state index in [1.807, 2.05) is 12.1 Å². The van der Waals surface area contributed by atoms with Gasteiger partial charge in [0.2, 0.25) is 6.79 Å². The molecule has 0 unspecified atom stereocenters. The summed E-state index contributed by atoms with van der Waals surface area (Å²) in [5.74, 6) is 8.41. The minimum atomic E-state index is 0.0678. The average Bonchev–Trinajstić information content (AvgIpc) is 3.40. The second kappa shape index (κ2) is 12.2. The van der Waals surface area contributed by atoms with Gasteiger partial charge in [0.25, 0.3) is 0 Å². The quantitative estimate of drug-likeness (QED) is 0.244. The smallest absolute Gasteiger partial charge is 0.231 e. The highest BCUT2D eigenvalue weighted by Gasteiger charge is 2.23. The third kappa shape index (κ3) is 5.50. The lowest BCUT2D eigenvalue weighted by Gasteiger charge is -2.16. The molecule has 0 saturated carbocycles. The highest BCUT2D eigenvalue weighted by molar-refractivity contribution is 6.17. The fourth-order valence-corrected chi connectivity index (χ4v) is 3.70. The molecule has 0 atom stereocenters. The van der Waals surface area contributed by atoms with Gasteiger partial charge in [0.05, 0.1) is 48.3 Å². The molecule has 0 bridgehead atoms. The van der Waals surface area contributed by atoms with Crippen molar-refractivity contribution < 1.29 is 28.4 Å². The first kappa shape index (κ1) is 25.2. The summed E-state index contributed by atoms with van der Waals surface area (Å²) in [5, 5.41) is 13.8. The summed E-state index contributed by atoms with van der Waals surface area (Å²) < 4.78 is 33.1. The third-order valence-electron chi connectivity index (χ3n) is 5.20. The first-order valence-corrected chi connectivity index (χ1v) is 11.6. The van der Waals surface area contributed by atoms with Crippen molar-refractivity contribution in [2.75, 3.05) is 58.6 Å². The molecule has 1 aliphatic rings. The molecule has 9 nitrogen and oxygen atoms in total. The number of alkyl halides is 1. The lowest BCUT2D eigenvalue weighted by Crippen LogP contribution is -2.08. The van der Waals surface area contributed by atoms with Crippen LogP contribution in [0.5, 0.6) is 23.0 Å². The van der Waals surface area contributed by atoms with Crippen molar-refractivity contribution in [2.45, 2.75) is 0 Å².